The van der Waals surface area contributed by atoms with Crippen LogP contribution in [0.15, 0.2) is 71.6 Å². The zero-order valence-corrected chi connectivity index (χ0v) is 19.4. The van der Waals surface area contributed by atoms with Gasteiger partial charge in [-0.25, -0.2) is 8.42 Å². The van der Waals surface area contributed by atoms with Crippen molar-refractivity contribution in [2.45, 2.75) is 24.9 Å². The normalized spacial score (nSPS) is 11.2. The molecule has 3 rings (SSSR count). The van der Waals surface area contributed by atoms with Crippen LogP contribution in [-0.2, 0) is 16.4 Å². The number of ether oxygens (including phenoxy) is 2. The van der Waals surface area contributed by atoms with E-state index in [-0.39, 0.29) is 28.5 Å². The Morgan fingerprint density at radius 2 is 1.68 bits per heavy atom. The van der Waals surface area contributed by atoms with Crippen molar-refractivity contribution in [3.8, 4) is 11.5 Å². The number of amides is 1. The quantitative estimate of drug-likeness (QED) is 0.440. The van der Waals surface area contributed by atoms with Crippen LogP contribution in [0.1, 0.15) is 21.5 Å². The van der Waals surface area contributed by atoms with Crippen LogP contribution in [0.5, 0.6) is 11.5 Å². The molecule has 2 N–H and O–H groups in total. The van der Waals surface area contributed by atoms with Gasteiger partial charge in [0.1, 0.15) is 16.4 Å². The van der Waals surface area contributed by atoms with Gasteiger partial charge in [0.25, 0.3) is 15.9 Å². The van der Waals surface area contributed by atoms with Gasteiger partial charge in [-0.15, -0.1) is 0 Å². The molecule has 0 spiro atoms. The van der Waals surface area contributed by atoms with Gasteiger partial charge in [-0.05, 0) is 61.4 Å². The fourth-order valence-electron chi connectivity index (χ4n) is 3.12. The van der Waals surface area contributed by atoms with E-state index >= 15 is 0 Å². The van der Waals surface area contributed by atoms with Crippen molar-refractivity contribution in [2.24, 2.45) is 0 Å². The molecule has 10 heteroatoms. The van der Waals surface area contributed by atoms with Crippen molar-refractivity contribution >= 4 is 21.6 Å². The number of halogens is 2. The lowest BCUT2D eigenvalue weighted by Gasteiger charge is -2.13. The summed E-state index contributed by atoms with van der Waals surface area (Å²) in [5, 5.41) is 2.72. The van der Waals surface area contributed by atoms with E-state index < -0.39 is 22.5 Å². The van der Waals surface area contributed by atoms with Crippen LogP contribution in [0.3, 0.4) is 0 Å². The van der Waals surface area contributed by atoms with Gasteiger partial charge in [-0.2, -0.15) is 8.78 Å². The number of anilines is 1. The number of nitrogens with one attached hydrogen (secondary N) is 2. The summed E-state index contributed by atoms with van der Waals surface area (Å²) in [6, 6.07) is 17.1. The fourth-order valence-corrected chi connectivity index (χ4v) is 4.37. The maximum absolute atomic E-state index is 13.0. The Bertz CT molecular complexity index is 1230. The standard InChI is InChI=1S/C24H24F2N2O5S/c1-16-3-8-19(9-4-16)28-34(30,31)22-15-18(7-12-21(22)32-2)23(29)27-14-13-17-5-10-20(11-6-17)33-24(25)26/h3-12,15,24,28H,13-14H2,1-2H3,(H,27,29). The molecule has 3 aromatic rings. The second-order valence-electron chi connectivity index (χ2n) is 7.37. The Morgan fingerprint density at radius 1 is 1.00 bits per heavy atom. The number of alkyl halides is 2. The molecule has 0 atom stereocenters. The number of carbonyl (C=O) groups is 1. The van der Waals surface area contributed by atoms with Crippen LogP contribution in [0.4, 0.5) is 14.5 Å². The van der Waals surface area contributed by atoms with Gasteiger partial charge in [0.2, 0.25) is 0 Å². The van der Waals surface area contributed by atoms with Crippen LogP contribution < -0.4 is 19.5 Å². The predicted molar refractivity (Wildman–Crippen MR) is 124 cm³/mol. The molecule has 0 saturated heterocycles. The third-order valence-electron chi connectivity index (χ3n) is 4.87. The summed E-state index contributed by atoms with van der Waals surface area (Å²) in [7, 11) is -2.68. The Hall–Kier alpha value is -3.66. The van der Waals surface area contributed by atoms with Crippen LogP contribution in [-0.4, -0.2) is 34.6 Å². The summed E-state index contributed by atoms with van der Waals surface area (Å²) in [4.78, 5) is 12.4. The average Bonchev–Trinajstić information content (AvgIpc) is 2.80. The zero-order chi connectivity index (χ0) is 24.7. The highest BCUT2D eigenvalue weighted by molar-refractivity contribution is 7.92. The highest BCUT2D eigenvalue weighted by atomic mass is 32.2. The van der Waals surface area contributed by atoms with E-state index in [2.05, 4.69) is 14.8 Å². The van der Waals surface area contributed by atoms with Crippen LogP contribution in [0.25, 0.3) is 0 Å². The number of benzene rings is 3. The third kappa shape index (κ3) is 6.67. The van der Waals surface area contributed by atoms with Gasteiger partial charge in [0.15, 0.2) is 0 Å². The van der Waals surface area contributed by atoms with E-state index in [4.69, 9.17) is 4.74 Å². The van der Waals surface area contributed by atoms with Crippen LogP contribution in [0, 0.1) is 6.92 Å². The van der Waals surface area contributed by atoms with E-state index in [1.165, 1.54) is 37.4 Å². The van der Waals surface area contributed by atoms with E-state index in [1.807, 2.05) is 6.92 Å². The number of sulfonamides is 1. The third-order valence-corrected chi connectivity index (χ3v) is 6.27. The minimum Gasteiger partial charge on any atom is -0.495 e. The first-order chi connectivity index (χ1) is 16.2. The van der Waals surface area contributed by atoms with E-state index in [0.717, 1.165) is 11.1 Å². The van der Waals surface area contributed by atoms with Crippen LogP contribution in [0.2, 0.25) is 0 Å². The molecule has 1 amide bonds. The highest BCUT2D eigenvalue weighted by Crippen LogP contribution is 2.27. The maximum atomic E-state index is 13.0. The summed E-state index contributed by atoms with van der Waals surface area (Å²) >= 11 is 0. The first kappa shape index (κ1) is 25.0. The van der Waals surface area contributed by atoms with E-state index in [0.29, 0.717) is 12.1 Å². The van der Waals surface area contributed by atoms with Gasteiger partial charge in [0.05, 0.1) is 7.11 Å². The highest BCUT2D eigenvalue weighted by Gasteiger charge is 2.22. The number of hydrogen-bond donors (Lipinski definition) is 2. The number of methoxy groups -OCH3 is 1. The molecule has 0 radical (unpaired) electrons. The monoisotopic (exact) mass is 490 g/mol. The molecule has 34 heavy (non-hydrogen) atoms. The lowest BCUT2D eigenvalue weighted by Crippen LogP contribution is -2.26. The van der Waals surface area contributed by atoms with E-state index in [9.17, 15) is 22.0 Å². The number of hydrogen-bond acceptors (Lipinski definition) is 5. The molecule has 0 saturated carbocycles. The van der Waals surface area contributed by atoms with Crippen molar-refractivity contribution in [1.82, 2.24) is 5.32 Å². The fraction of sp³-hybridized carbons (Fsp3) is 0.208. The molecule has 0 aromatic heterocycles. The molecule has 0 unspecified atom stereocenters. The lowest BCUT2D eigenvalue weighted by atomic mass is 10.1. The Kier molecular flexibility index (Phi) is 8.06. The molecular formula is C24H24F2N2O5S. The summed E-state index contributed by atoms with van der Waals surface area (Å²) in [5.41, 5.74) is 2.32. The predicted octanol–water partition coefficient (Wildman–Crippen LogP) is 4.38. The molecule has 0 aliphatic rings. The minimum atomic E-state index is -4.02. The second-order valence-corrected chi connectivity index (χ2v) is 9.02. The summed E-state index contributed by atoms with van der Waals surface area (Å²) in [5.74, 6) is -0.316. The van der Waals surface area contributed by atoms with Crippen LogP contribution >= 0.6 is 0 Å². The molecule has 0 bridgehead atoms. The van der Waals surface area contributed by atoms with E-state index in [1.54, 1.807) is 36.4 Å². The molecule has 0 aliphatic heterocycles. The summed E-state index contributed by atoms with van der Waals surface area (Å²) in [6.45, 7) is -0.750. The molecule has 0 aliphatic carbocycles. The SMILES string of the molecule is COc1ccc(C(=O)NCCc2ccc(OC(F)F)cc2)cc1S(=O)(=O)Nc1ccc(C)cc1. The molecule has 0 heterocycles. The largest absolute Gasteiger partial charge is 0.495 e. The van der Waals surface area contributed by atoms with Crippen molar-refractivity contribution in [3.63, 3.8) is 0 Å². The second kappa shape index (κ2) is 11.0. The molecular weight excluding hydrogens is 466 g/mol. The first-order valence-electron chi connectivity index (χ1n) is 10.3. The summed E-state index contributed by atoms with van der Waals surface area (Å²) in [6.07, 6.45) is 0.441. The minimum absolute atomic E-state index is 0.0500. The molecule has 7 nitrogen and oxygen atoms in total. The number of aryl methyl sites for hydroxylation is 1. The molecule has 180 valence electrons. The van der Waals surface area contributed by atoms with Gasteiger partial charge in [-0.1, -0.05) is 29.8 Å². The maximum Gasteiger partial charge on any atom is 0.387 e. The smallest absolute Gasteiger partial charge is 0.387 e. The summed E-state index contributed by atoms with van der Waals surface area (Å²) < 4.78 is 62.3. The van der Waals surface area contributed by atoms with Gasteiger partial charge >= 0.3 is 6.61 Å². The number of carbonyl (C=O) groups excluding carboxylic acids is 1. The Labute approximate surface area is 196 Å². The van der Waals surface area contributed by atoms with Gasteiger partial charge < -0.3 is 14.8 Å². The Balaban J connectivity index is 1.68. The average molecular weight is 491 g/mol. The van der Waals surface area contributed by atoms with Crippen molar-refractivity contribution in [2.75, 3.05) is 18.4 Å². The lowest BCUT2D eigenvalue weighted by molar-refractivity contribution is -0.0498. The van der Waals surface area contributed by atoms with Gasteiger partial charge in [0, 0.05) is 17.8 Å². The van der Waals surface area contributed by atoms with Crippen molar-refractivity contribution < 1.29 is 31.5 Å². The number of rotatable bonds is 10. The van der Waals surface area contributed by atoms with Gasteiger partial charge in [-0.3, -0.25) is 9.52 Å². The molecule has 3 aromatic carbocycles. The topological polar surface area (TPSA) is 93.7 Å². The van der Waals surface area contributed by atoms with Crippen molar-refractivity contribution in [1.29, 1.82) is 0 Å². The Morgan fingerprint density at radius 3 is 2.29 bits per heavy atom. The molecule has 0 fully saturated rings. The van der Waals surface area contributed by atoms with Crippen molar-refractivity contribution in [3.05, 3.63) is 83.4 Å². The first-order valence-corrected chi connectivity index (χ1v) is 11.8. The zero-order valence-electron chi connectivity index (χ0n) is 18.5.